The lowest BCUT2D eigenvalue weighted by Crippen LogP contribution is -2.30. The summed E-state index contributed by atoms with van der Waals surface area (Å²) >= 11 is 5.63. The third-order valence-corrected chi connectivity index (χ3v) is 2.46. The number of anilines is 1. The second kappa shape index (κ2) is 4.46. The van der Waals surface area contributed by atoms with Crippen molar-refractivity contribution in [2.75, 3.05) is 5.73 Å². The second-order valence-electron chi connectivity index (χ2n) is 3.47. The zero-order valence-corrected chi connectivity index (χ0v) is 9.52. The Balaban J connectivity index is 2.17. The molecule has 0 fully saturated rings. The Bertz CT molecular complexity index is 641. The molecule has 0 saturated carbocycles. The molecular formula is C9H10ClN5O2. The molecular weight excluding hydrogens is 246 g/mol. The number of nitrogen functional groups attached to an aromatic ring is 1. The number of hydrogen-bond acceptors (Lipinski definition) is 4. The van der Waals surface area contributed by atoms with Crippen LogP contribution < -0.4 is 17.0 Å². The van der Waals surface area contributed by atoms with Crippen molar-refractivity contribution in [2.45, 2.75) is 13.1 Å². The molecule has 0 aliphatic carbocycles. The number of nitrogens with one attached hydrogen (secondary N) is 1. The Morgan fingerprint density at radius 2 is 2.12 bits per heavy atom. The van der Waals surface area contributed by atoms with Gasteiger partial charge in [0.15, 0.2) is 0 Å². The van der Waals surface area contributed by atoms with Crippen molar-refractivity contribution in [2.24, 2.45) is 0 Å². The molecule has 2 aromatic rings. The molecule has 3 N–H and O–H groups in total. The number of nitrogens with zero attached hydrogens (tertiary/aromatic N) is 3. The van der Waals surface area contributed by atoms with Crippen LogP contribution in [-0.4, -0.2) is 19.3 Å². The first kappa shape index (κ1) is 11.5. The third kappa shape index (κ3) is 2.56. The van der Waals surface area contributed by atoms with Gasteiger partial charge < -0.3 is 5.73 Å². The summed E-state index contributed by atoms with van der Waals surface area (Å²) in [5, 5.41) is 3.95. The van der Waals surface area contributed by atoms with E-state index in [0.717, 1.165) is 0 Å². The van der Waals surface area contributed by atoms with Crippen molar-refractivity contribution in [1.82, 2.24) is 19.3 Å². The lowest BCUT2D eigenvalue weighted by Gasteiger charge is -2.05. The molecule has 0 aromatic carbocycles. The van der Waals surface area contributed by atoms with Crippen LogP contribution >= 0.6 is 11.6 Å². The fourth-order valence-electron chi connectivity index (χ4n) is 1.36. The van der Waals surface area contributed by atoms with E-state index in [1.165, 1.54) is 17.0 Å². The van der Waals surface area contributed by atoms with Crippen LogP contribution in [0.15, 0.2) is 28.2 Å². The summed E-state index contributed by atoms with van der Waals surface area (Å²) in [5.41, 5.74) is 4.97. The molecule has 0 unspecified atom stereocenters. The second-order valence-corrected chi connectivity index (χ2v) is 3.87. The Kier molecular flexibility index (Phi) is 3.01. The average Bonchev–Trinajstić information content (AvgIpc) is 2.68. The maximum absolute atomic E-state index is 11.4. The van der Waals surface area contributed by atoms with Gasteiger partial charge in [-0.15, -0.1) is 0 Å². The van der Waals surface area contributed by atoms with Gasteiger partial charge in [-0.2, -0.15) is 5.10 Å². The van der Waals surface area contributed by atoms with Crippen LogP contribution in [0.4, 0.5) is 5.69 Å². The molecule has 2 heterocycles. The molecule has 7 nitrogen and oxygen atoms in total. The predicted molar refractivity (Wildman–Crippen MR) is 63.0 cm³/mol. The zero-order chi connectivity index (χ0) is 12.4. The first-order valence-electron chi connectivity index (χ1n) is 4.83. The topological polar surface area (TPSA) is 98.7 Å². The summed E-state index contributed by atoms with van der Waals surface area (Å²) in [7, 11) is 0. The lowest BCUT2D eigenvalue weighted by atomic mass is 10.5. The largest absolute Gasteiger partial charge is 0.396 e. The van der Waals surface area contributed by atoms with Crippen LogP contribution in [0, 0.1) is 0 Å². The van der Waals surface area contributed by atoms with E-state index in [1.54, 1.807) is 10.9 Å². The Morgan fingerprint density at radius 3 is 2.76 bits per heavy atom. The van der Waals surface area contributed by atoms with E-state index in [2.05, 4.69) is 10.1 Å². The molecule has 0 spiro atoms. The summed E-state index contributed by atoms with van der Waals surface area (Å²) in [5.74, 6) is 0. The average molecular weight is 256 g/mol. The van der Waals surface area contributed by atoms with Crippen molar-refractivity contribution in [3.8, 4) is 0 Å². The number of aromatic amines is 1. The van der Waals surface area contributed by atoms with Crippen LogP contribution in [0.1, 0.15) is 0 Å². The fourth-order valence-corrected chi connectivity index (χ4v) is 1.53. The number of halogens is 1. The maximum atomic E-state index is 11.4. The highest BCUT2D eigenvalue weighted by atomic mass is 35.5. The van der Waals surface area contributed by atoms with E-state index < -0.39 is 11.2 Å². The number of hydrogen-bond donors (Lipinski definition) is 2. The first-order valence-corrected chi connectivity index (χ1v) is 5.21. The molecule has 0 amide bonds. The number of aromatic nitrogens is 4. The smallest absolute Gasteiger partial charge is 0.328 e. The Hall–Kier alpha value is -2.02. The van der Waals surface area contributed by atoms with Gasteiger partial charge in [-0.3, -0.25) is 19.0 Å². The van der Waals surface area contributed by atoms with Crippen LogP contribution in [0.2, 0.25) is 5.02 Å². The van der Waals surface area contributed by atoms with Crippen molar-refractivity contribution in [1.29, 1.82) is 0 Å². The summed E-state index contributed by atoms with van der Waals surface area (Å²) in [6.07, 6.45) is 4.47. The monoisotopic (exact) mass is 255 g/mol. The van der Waals surface area contributed by atoms with E-state index in [1.807, 2.05) is 0 Å². The normalized spacial score (nSPS) is 10.6. The van der Waals surface area contributed by atoms with Crippen molar-refractivity contribution in [3.63, 3.8) is 0 Å². The van der Waals surface area contributed by atoms with Crippen LogP contribution in [0.25, 0.3) is 0 Å². The number of rotatable bonds is 3. The fraction of sp³-hybridized carbons (Fsp3) is 0.222. The minimum Gasteiger partial charge on any atom is -0.396 e. The highest BCUT2D eigenvalue weighted by molar-refractivity contribution is 6.30. The minimum absolute atomic E-state index is 0.0235. The summed E-state index contributed by atoms with van der Waals surface area (Å²) in [6, 6.07) is 0. The highest BCUT2D eigenvalue weighted by Crippen LogP contribution is 1.99. The number of nitrogens with two attached hydrogens (primary N) is 1. The van der Waals surface area contributed by atoms with Crippen LogP contribution in [0.5, 0.6) is 0 Å². The number of H-pyrrole nitrogens is 1. The van der Waals surface area contributed by atoms with Gasteiger partial charge in [0.05, 0.1) is 18.4 Å². The standard InChI is InChI=1S/C9H10ClN5O2/c10-7-5-14(9(17)13-8(7)16)1-2-15-4-6(11)3-12-15/h3-5H,1-2,11H2,(H,13,16,17). The van der Waals surface area contributed by atoms with Crippen LogP contribution in [-0.2, 0) is 13.1 Å². The molecule has 0 saturated heterocycles. The van der Waals surface area contributed by atoms with Gasteiger partial charge in [0.25, 0.3) is 5.56 Å². The SMILES string of the molecule is Nc1cnn(CCn2cc(Cl)c(=O)[nH]c2=O)c1. The highest BCUT2D eigenvalue weighted by Gasteiger charge is 2.02. The Labute approximate surface area is 100 Å². The summed E-state index contributed by atoms with van der Waals surface area (Å²) in [6.45, 7) is 0.802. The molecule has 90 valence electrons. The predicted octanol–water partition coefficient (Wildman–Crippen LogP) is -0.331. The van der Waals surface area contributed by atoms with E-state index in [-0.39, 0.29) is 5.02 Å². The van der Waals surface area contributed by atoms with Crippen molar-refractivity contribution >= 4 is 17.3 Å². The molecule has 0 bridgehead atoms. The molecule has 2 rings (SSSR count). The molecule has 0 atom stereocenters. The van der Waals surface area contributed by atoms with E-state index in [0.29, 0.717) is 18.8 Å². The Morgan fingerprint density at radius 1 is 1.35 bits per heavy atom. The van der Waals surface area contributed by atoms with Gasteiger partial charge in [-0.05, 0) is 0 Å². The van der Waals surface area contributed by atoms with Gasteiger partial charge in [-0.25, -0.2) is 4.79 Å². The molecule has 0 radical (unpaired) electrons. The molecule has 0 aliphatic rings. The van der Waals surface area contributed by atoms with Crippen molar-refractivity contribution in [3.05, 3.63) is 44.5 Å². The van der Waals surface area contributed by atoms with Gasteiger partial charge in [-0.1, -0.05) is 11.6 Å². The van der Waals surface area contributed by atoms with Gasteiger partial charge in [0.1, 0.15) is 5.02 Å². The van der Waals surface area contributed by atoms with Gasteiger partial charge in [0.2, 0.25) is 0 Å². The molecule has 8 heteroatoms. The summed E-state index contributed by atoms with van der Waals surface area (Å²) in [4.78, 5) is 24.6. The van der Waals surface area contributed by atoms with Crippen molar-refractivity contribution < 1.29 is 0 Å². The van der Waals surface area contributed by atoms with E-state index >= 15 is 0 Å². The van der Waals surface area contributed by atoms with Gasteiger partial charge >= 0.3 is 5.69 Å². The number of aryl methyl sites for hydroxylation is 2. The molecule has 2 aromatic heterocycles. The quantitative estimate of drug-likeness (QED) is 0.784. The lowest BCUT2D eigenvalue weighted by molar-refractivity contribution is 0.516. The van der Waals surface area contributed by atoms with E-state index in [9.17, 15) is 9.59 Å². The van der Waals surface area contributed by atoms with E-state index in [4.69, 9.17) is 17.3 Å². The maximum Gasteiger partial charge on any atom is 0.328 e. The molecule has 0 aliphatic heterocycles. The third-order valence-electron chi connectivity index (χ3n) is 2.19. The first-order chi connectivity index (χ1) is 8.06. The molecule has 17 heavy (non-hydrogen) atoms. The summed E-state index contributed by atoms with van der Waals surface area (Å²) < 4.78 is 2.91. The minimum atomic E-state index is -0.587. The van der Waals surface area contributed by atoms with Gasteiger partial charge in [0, 0.05) is 18.9 Å². The van der Waals surface area contributed by atoms with Crippen LogP contribution in [0.3, 0.4) is 0 Å². The zero-order valence-electron chi connectivity index (χ0n) is 8.76.